The molecule has 0 N–H and O–H groups in total. The molecule has 0 aliphatic rings. The van der Waals surface area contributed by atoms with Gasteiger partial charge in [0, 0.05) is 37.4 Å². The number of ether oxygens (including phenoxy) is 1. The third-order valence-electron chi connectivity index (χ3n) is 4.33. The van der Waals surface area contributed by atoms with Gasteiger partial charge < -0.3 is 14.5 Å². The zero-order chi connectivity index (χ0) is 21.1. The van der Waals surface area contributed by atoms with Crippen molar-refractivity contribution in [3.8, 4) is 0 Å². The molecule has 0 aliphatic carbocycles. The molecule has 158 valence electrons. The molecule has 0 radical (unpaired) electrons. The van der Waals surface area contributed by atoms with Gasteiger partial charge in [0.2, 0.25) is 11.8 Å². The number of carbonyl (C=O) groups is 2. The maximum Gasteiger partial charge on any atom is 0.242 e. The molecular formula is C21H26ClFN2O3S. The number of amides is 2. The zero-order valence-corrected chi connectivity index (χ0v) is 18.1. The van der Waals surface area contributed by atoms with Crippen molar-refractivity contribution in [3.63, 3.8) is 0 Å². The van der Waals surface area contributed by atoms with Gasteiger partial charge >= 0.3 is 0 Å². The van der Waals surface area contributed by atoms with E-state index in [-0.39, 0.29) is 24.2 Å². The summed E-state index contributed by atoms with van der Waals surface area (Å²) < 4.78 is 18.3. The Kier molecular flexibility index (Phi) is 10.1. The number of rotatable bonds is 12. The Morgan fingerprint density at radius 3 is 2.48 bits per heavy atom. The molecule has 1 aromatic heterocycles. The van der Waals surface area contributed by atoms with Gasteiger partial charge in [0.1, 0.15) is 5.82 Å². The second-order valence-electron chi connectivity index (χ2n) is 6.56. The predicted octanol–water partition coefficient (Wildman–Crippen LogP) is 3.91. The van der Waals surface area contributed by atoms with Gasteiger partial charge in [-0.2, -0.15) is 0 Å². The molecule has 5 nitrogen and oxygen atoms in total. The normalized spacial score (nSPS) is 10.7. The minimum atomic E-state index is -0.319. The van der Waals surface area contributed by atoms with Crippen LogP contribution in [0.2, 0.25) is 0 Å². The number of thiophene rings is 1. The molecule has 0 unspecified atom stereocenters. The van der Waals surface area contributed by atoms with Crippen LogP contribution >= 0.6 is 22.9 Å². The maximum atomic E-state index is 13.2. The highest BCUT2D eigenvalue weighted by Gasteiger charge is 2.22. The molecule has 0 bridgehead atoms. The van der Waals surface area contributed by atoms with E-state index in [1.54, 1.807) is 35.5 Å². The van der Waals surface area contributed by atoms with Crippen molar-refractivity contribution >= 4 is 34.8 Å². The number of benzene rings is 1. The number of hydrogen-bond acceptors (Lipinski definition) is 4. The minimum Gasteiger partial charge on any atom is -0.383 e. The number of hydrogen-bond donors (Lipinski definition) is 0. The maximum absolute atomic E-state index is 13.2. The van der Waals surface area contributed by atoms with Gasteiger partial charge in [-0.15, -0.1) is 22.9 Å². The molecule has 1 aromatic carbocycles. The number of alkyl halides is 1. The van der Waals surface area contributed by atoms with Gasteiger partial charge in [-0.25, -0.2) is 4.39 Å². The fraction of sp³-hybridized carbons (Fsp3) is 0.429. The molecule has 0 saturated heterocycles. The topological polar surface area (TPSA) is 49.9 Å². The largest absolute Gasteiger partial charge is 0.383 e. The summed E-state index contributed by atoms with van der Waals surface area (Å²) in [5.41, 5.74) is 0.827. The first-order valence-electron chi connectivity index (χ1n) is 9.40. The lowest BCUT2D eigenvalue weighted by Crippen LogP contribution is -2.43. The standard InChI is InChI=1S/C21H26ClFN2O3S/c1-28-12-11-24(20(26)5-2-10-22)16-21(27)25(15-19-4-3-13-29-19)14-17-6-8-18(23)9-7-17/h3-4,6-9,13H,2,5,10-12,14-16H2,1H3. The SMILES string of the molecule is COCCN(CC(=O)N(Cc1ccc(F)cc1)Cc1cccs1)C(=O)CCCCl. The molecule has 0 atom stereocenters. The second-order valence-corrected chi connectivity index (χ2v) is 7.97. The van der Waals surface area contributed by atoms with Crippen molar-refractivity contribution in [1.29, 1.82) is 0 Å². The molecule has 8 heteroatoms. The Labute approximate surface area is 180 Å². The van der Waals surface area contributed by atoms with Crippen molar-refractivity contribution in [2.45, 2.75) is 25.9 Å². The van der Waals surface area contributed by atoms with Gasteiger partial charge in [-0.1, -0.05) is 18.2 Å². The predicted molar refractivity (Wildman–Crippen MR) is 113 cm³/mol. The lowest BCUT2D eigenvalue weighted by Gasteiger charge is -2.27. The van der Waals surface area contributed by atoms with Crippen LogP contribution in [0.4, 0.5) is 4.39 Å². The molecule has 0 fully saturated rings. The summed E-state index contributed by atoms with van der Waals surface area (Å²) in [6, 6.07) is 9.98. The van der Waals surface area contributed by atoms with E-state index in [4.69, 9.17) is 16.3 Å². The highest BCUT2D eigenvalue weighted by atomic mass is 35.5. The first kappa shape index (κ1) is 23.3. The molecule has 2 amide bonds. The molecule has 2 aromatic rings. The van der Waals surface area contributed by atoms with Crippen LogP contribution in [0.25, 0.3) is 0 Å². The van der Waals surface area contributed by atoms with E-state index in [1.807, 2.05) is 17.5 Å². The van der Waals surface area contributed by atoms with E-state index in [2.05, 4.69) is 0 Å². The number of nitrogens with zero attached hydrogens (tertiary/aromatic N) is 2. The van der Waals surface area contributed by atoms with Crippen molar-refractivity contribution in [3.05, 3.63) is 58.0 Å². The zero-order valence-electron chi connectivity index (χ0n) is 16.5. The fourth-order valence-electron chi connectivity index (χ4n) is 2.77. The second kappa shape index (κ2) is 12.6. The smallest absolute Gasteiger partial charge is 0.242 e. The van der Waals surface area contributed by atoms with E-state index in [1.165, 1.54) is 17.0 Å². The van der Waals surface area contributed by atoms with Gasteiger partial charge in [-0.05, 0) is 35.6 Å². The van der Waals surface area contributed by atoms with Crippen LogP contribution < -0.4 is 0 Å². The molecule has 29 heavy (non-hydrogen) atoms. The average molecular weight is 441 g/mol. The van der Waals surface area contributed by atoms with Crippen LogP contribution in [-0.2, 0) is 27.4 Å². The summed E-state index contributed by atoms with van der Waals surface area (Å²) in [7, 11) is 1.56. The highest BCUT2D eigenvalue weighted by molar-refractivity contribution is 7.09. The Hall–Kier alpha value is -1.96. The summed E-state index contributed by atoms with van der Waals surface area (Å²) in [5, 5.41) is 1.95. The molecule has 0 spiro atoms. The molecule has 0 saturated carbocycles. The van der Waals surface area contributed by atoms with E-state index in [0.29, 0.717) is 45.0 Å². The summed E-state index contributed by atoms with van der Waals surface area (Å²) in [4.78, 5) is 29.8. The van der Waals surface area contributed by atoms with Crippen LogP contribution in [0, 0.1) is 5.82 Å². The fourth-order valence-corrected chi connectivity index (χ4v) is 3.62. The van der Waals surface area contributed by atoms with Crippen molar-refractivity contribution in [2.24, 2.45) is 0 Å². The van der Waals surface area contributed by atoms with Crippen molar-refractivity contribution < 1.29 is 18.7 Å². The Morgan fingerprint density at radius 1 is 1.10 bits per heavy atom. The summed E-state index contributed by atoms with van der Waals surface area (Å²) in [6.45, 7) is 1.43. The molecule has 0 aliphatic heterocycles. The van der Waals surface area contributed by atoms with Crippen molar-refractivity contribution in [2.75, 3.05) is 32.7 Å². The Balaban J connectivity index is 2.12. The number of methoxy groups -OCH3 is 1. The van der Waals surface area contributed by atoms with Crippen LogP contribution in [0.3, 0.4) is 0 Å². The lowest BCUT2D eigenvalue weighted by atomic mass is 10.2. The van der Waals surface area contributed by atoms with E-state index < -0.39 is 0 Å². The van der Waals surface area contributed by atoms with Gasteiger partial charge in [-0.3, -0.25) is 9.59 Å². The minimum absolute atomic E-state index is 0.0307. The Bertz CT molecular complexity index is 756. The van der Waals surface area contributed by atoms with Crippen LogP contribution in [0.15, 0.2) is 41.8 Å². The van der Waals surface area contributed by atoms with E-state index in [9.17, 15) is 14.0 Å². The van der Waals surface area contributed by atoms with E-state index in [0.717, 1.165) is 10.4 Å². The van der Waals surface area contributed by atoms with Crippen molar-refractivity contribution in [1.82, 2.24) is 9.80 Å². The van der Waals surface area contributed by atoms with Crippen LogP contribution in [-0.4, -0.2) is 54.3 Å². The first-order chi connectivity index (χ1) is 14.0. The average Bonchev–Trinajstić information content (AvgIpc) is 3.23. The van der Waals surface area contributed by atoms with Gasteiger partial charge in [0.05, 0.1) is 19.7 Å². The summed E-state index contributed by atoms with van der Waals surface area (Å²) in [6.07, 6.45) is 0.857. The quantitative estimate of drug-likeness (QED) is 0.470. The third kappa shape index (κ3) is 8.12. The van der Waals surface area contributed by atoms with Crippen LogP contribution in [0.1, 0.15) is 23.3 Å². The number of carbonyl (C=O) groups excluding carboxylic acids is 2. The summed E-state index contributed by atoms with van der Waals surface area (Å²) in [5.74, 6) is -0.208. The lowest BCUT2D eigenvalue weighted by molar-refractivity contribution is -0.141. The highest BCUT2D eigenvalue weighted by Crippen LogP contribution is 2.16. The molecule has 2 rings (SSSR count). The monoisotopic (exact) mass is 440 g/mol. The van der Waals surface area contributed by atoms with E-state index >= 15 is 0 Å². The first-order valence-corrected chi connectivity index (χ1v) is 10.8. The third-order valence-corrected chi connectivity index (χ3v) is 5.46. The molecular weight excluding hydrogens is 415 g/mol. The van der Waals surface area contributed by atoms with Crippen LogP contribution in [0.5, 0.6) is 0 Å². The Morgan fingerprint density at radius 2 is 1.86 bits per heavy atom. The van der Waals surface area contributed by atoms with Gasteiger partial charge in [0.15, 0.2) is 0 Å². The summed E-state index contributed by atoms with van der Waals surface area (Å²) >= 11 is 7.26. The molecule has 1 heterocycles. The van der Waals surface area contributed by atoms with Gasteiger partial charge in [0.25, 0.3) is 0 Å². The number of halogens is 2.